The monoisotopic (exact) mass is 379 g/mol. The smallest absolute Gasteiger partial charge is 0.407 e. The summed E-state index contributed by atoms with van der Waals surface area (Å²) < 4.78 is 5.42. The van der Waals surface area contributed by atoms with Crippen molar-refractivity contribution in [3.8, 4) is 0 Å². The van der Waals surface area contributed by atoms with E-state index in [0.717, 1.165) is 16.5 Å². The minimum absolute atomic E-state index is 0.0784. The molecule has 1 atom stereocenters. The molecule has 3 heterocycles. The molecule has 0 unspecified atom stereocenters. The summed E-state index contributed by atoms with van der Waals surface area (Å²) in [6.07, 6.45) is 0.823. The molecule has 0 aromatic heterocycles. The van der Waals surface area contributed by atoms with E-state index in [1.165, 1.54) is 0 Å². The van der Waals surface area contributed by atoms with E-state index in [9.17, 15) is 14.4 Å². The van der Waals surface area contributed by atoms with E-state index in [2.05, 4.69) is 5.32 Å². The number of rotatable bonds is 2. The number of hydrogen-bond donors (Lipinski definition) is 1. The van der Waals surface area contributed by atoms with Crippen molar-refractivity contribution in [2.24, 2.45) is 0 Å². The maximum Gasteiger partial charge on any atom is 0.407 e. The van der Waals surface area contributed by atoms with Gasteiger partial charge >= 0.3 is 6.09 Å². The molecule has 3 aliphatic heterocycles. The lowest BCUT2D eigenvalue weighted by Gasteiger charge is -2.39. The average Bonchev–Trinajstić information content (AvgIpc) is 3.21. The zero-order valence-corrected chi connectivity index (χ0v) is 15.6. The van der Waals surface area contributed by atoms with Crippen LogP contribution in [0.4, 0.5) is 10.5 Å². The number of anilines is 1. The maximum absolute atomic E-state index is 13.2. The number of benzene rings is 2. The fraction of sp³-hybridized carbons (Fsp3) is 0.381. The number of piperidine rings is 1. The maximum atomic E-state index is 13.2. The highest BCUT2D eigenvalue weighted by Crippen LogP contribution is 2.39. The predicted octanol–water partition coefficient (Wildman–Crippen LogP) is 2.29. The number of ether oxygens (including phenoxy) is 1. The van der Waals surface area contributed by atoms with Crippen molar-refractivity contribution in [2.75, 3.05) is 24.5 Å². The number of nitrogens with zero attached hydrogens (tertiary/aromatic N) is 2. The Kier molecular flexibility index (Phi) is 3.62. The molecule has 28 heavy (non-hydrogen) atoms. The van der Waals surface area contributed by atoms with E-state index >= 15 is 0 Å². The van der Waals surface area contributed by atoms with E-state index in [-0.39, 0.29) is 17.9 Å². The van der Waals surface area contributed by atoms with E-state index in [1.807, 2.05) is 36.4 Å². The summed E-state index contributed by atoms with van der Waals surface area (Å²) in [5.41, 5.74) is 0.943. The number of amides is 3. The lowest BCUT2D eigenvalue weighted by molar-refractivity contribution is -0.135. The highest BCUT2D eigenvalue weighted by atomic mass is 16.6. The van der Waals surface area contributed by atoms with E-state index < -0.39 is 11.6 Å². The van der Waals surface area contributed by atoms with Gasteiger partial charge in [0, 0.05) is 36.9 Å². The standard InChI is InChI=1S/C21H21N3O4/c1-13(18(25)23-10-8-21(9-11-23)12-22-20(27)28-21)24-16-7-3-5-14-4-2-6-15(17(14)16)19(24)26/h2-7,13H,8-12H2,1H3,(H,22,27)/t13-/m0/s1. The summed E-state index contributed by atoms with van der Waals surface area (Å²) in [5.74, 6) is -0.208. The second-order valence-corrected chi connectivity index (χ2v) is 7.78. The van der Waals surface area contributed by atoms with Crippen molar-refractivity contribution in [1.29, 1.82) is 0 Å². The molecule has 5 rings (SSSR count). The molecule has 3 aliphatic rings. The number of carbonyl (C=O) groups is 3. The molecule has 7 heteroatoms. The summed E-state index contributed by atoms with van der Waals surface area (Å²) in [6.45, 7) is 3.30. The van der Waals surface area contributed by atoms with E-state index in [0.29, 0.717) is 38.0 Å². The highest BCUT2D eigenvalue weighted by Gasteiger charge is 2.45. The van der Waals surface area contributed by atoms with Gasteiger partial charge in [-0.05, 0) is 24.4 Å². The van der Waals surface area contributed by atoms with Crippen molar-refractivity contribution in [1.82, 2.24) is 10.2 Å². The zero-order valence-electron chi connectivity index (χ0n) is 15.6. The van der Waals surface area contributed by atoms with E-state index in [1.54, 1.807) is 16.7 Å². The topological polar surface area (TPSA) is 79.0 Å². The first-order valence-electron chi connectivity index (χ1n) is 9.60. The van der Waals surface area contributed by atoms with Gasteiger partial charge < -0.3 is 15.0 Å². The third-order valence-electron chi connectivity index (χ3n) is 6.19. The first-order valence-corrected chi connectivity index (χ1v) is 9.60. The van der Waals surface area contributed by atoms with Crippen molar-refractivity contribution >= 4 is 34.4 Å². The van der Waals surface area contributed by atoms with Crippen LogP contribution in [-0.4, -0.2) is 54.1 Å². The molecule has 1 spiro atoms. The molecular weight excluding hydrogens is 358 g/mol. The van der Waals surface area contributed by atoms with Crippen LogP contribution in [0.2, 0.25) is 0 Å². The third kappa shape index (κ3) is 2.38. The van der Waals surface area contributed by atoms with Gasteiger partial charge in [0.25, 0.3) is 5.91 Å². The minimum Gasteiger partial charge on any atom is -0.441 e. The van der Waals surface area contributed by atoms with Crippen molar-refractivity contribution in [2.45, 2.75) is 31.4 Å². The molecule has 3 amide bonds. The van der Waals surface area contributed by atoms with Crippen LogP contribution >= 0.6 is 0 Å². The highest BCUT2D eigenvalue weighted by molar-refractivity contribution is 6.26. The first-order chi connectivity index (χ1) is 13.5. The molecule has 0 saturated carbocycles. The number of alkyl carbamates (subject to hydrolysis) is 1. The Hall–Kier alpha value is -3.09. The third-order valence-corrected chi connectivity index (χ3v) is 6.19. The van der Waals surface area contributed by atoms with Crippen LogP contribution in [-0.2, 0) is 9.53 Å². The van der Waals surface area contributed by atoms with Crippen LogP contribution in [0, 0.1) is 0 Å². The zero-order chi connectivity index (χ0) is 19.5. The lowest BCUT2D eigenvalue weighted by Crippen LogP contribution is -2.54. The second kappa shape index (κ2) is 5.95. The fourth-order valence-electron chi connectivity index (χ4n) is 4.61. The van der Waals surface area contributed by atoms with Gasteiger partial charge in [-0.1, -0.05) is 24.3 Å². The summed E-state index contributed by atoms with van der Waals surface area (Å²) in [5, 5.41) is 4.62. The van der Waals surface area contributed by atoms with Gasteiger partial charge in [-0.3, -0.25) is 14.5 Å². The Morgan fingerprint density at radius 1 is 1.14 bits per heavy atom. The van der Waals surface area contributed by atoms with Gasteiger partial charge in [0.1, 0.15) is 11.6 Å². The van der Waals surface area contributed by atoms with Crippen LogP contribution in [0.5, 0.6) is 0 Å². The molecule has 2 aromatic rings. The normalized spacial score (nSPS) is 21.2. The largest absolute Gasteiger partial charge is 0.441 e. The molecule has 144 valence electrons. The SMILES string of the molecule is C[C@@H](C(=O)N1CCC2(CC1)CNC(=O)O2)N1C(=O)c2cccc3cccc1c23. The van der Waals surface area contributed by atoms with Gasteiger partial charge in [-0.15, -0.1) is 0 Å². The molecule has 2 fully saturated rings. The quantitative estimate of drug-likeness (QED) is 0.868. The van der Waals surface area contributed by atoms with Crippen LogP contribution in [0.15, 0.2) is 36.4 Å². The number of hydrogen-bond acceptors (Lipinski definition) is 4. The van der Waals surface area contributed by atoms with Gasteiger partial charge in [0.05, 0.1) is 12.2 Å². The molecule has 1 N–H and O–H groups in total. The van der Waals surface area contributed by atoms with Crippen molar-refractivity contribution in [3.63, 3.8) is 0 Å². The van der Waals surface area contributed by atoms with Gasteiger partial charge in [-0.25, -0.2) is 4.79 Å². The Morgan fingerprint density at radius 3 is 2.54 bits per heavy atom. The summed E-state index contributed by atoms with van der Waals surface area (Å²) >= 11 is 0. The predicted molar refractivity (Wildman–Crippen MR) is 103 cm³/mol. The molecule has 0 radical (unpaired) electrons. The van der Waals surface area contributed by atoms with Crippen LogP contribution in [0.3, 0.4) is 0 Å². The number of carbonyl (C=O) groups excluding carboxylic acids is 3. The van der Waals surface area contributed by atoms with Crippen LogP contribution in [0.25, 0.3) is 10.8 Å². The Labute approximate surface area is 162 Å². The van der Waals surface area contributed by atoms with Crippen LogP contribution < -0.4 is 10.2 Å². The summed E-state index contributed by atoms with van der Waals surface area (Å²) in [4.78, 5) is 41.0. The first kappa shape index (κ1) is 17.0. The molecule has 7 nitrogen and oxygen atoms in total. The Morgan fingerprint density at radius 2 is 1.86 bits per heavy atom. The minimum atomic E-state index is -0.594. The molecule has 0 bridgehead atoms. The molecule has 2 saturated heterocycles. The second-order valence-electron chi connectivity index (χ2n) is 7.78. The van der Waals surface area contributed by atoms with Gasteiger partial charge in [-0.2, -0.15) is 0 Å². The van der Waals surface area contributed by atoms with Gasteiger partial charge in [0.2, 0.25) is 5.91 Å². The fourth-order valence-corrected chi connectivity index (χ4v) is 4.61. The van der Waals surface area contributed by atoms with Crippen molar-refractivity contribution in [3.05, 3.63) is 42.0 Å². The average molecular weight is 379 g/mol. The van der Waals surface area contributed by atoms with Crippen LogP contribution in [0.1, 0.15) is 30.1 Å². The Balaban J connectivity index is 1.37. The van der Waals surface area contributed by atoms with E-state index in [4.69, 9.17) is 4.74 Å². The molecule has 0 aliphatic carbocycles. The Bertz CT molecular complexity index is 1000. The number of likely N-dealkylation sites (tertiary alicyclic amines) is 1. The summed E-state index contributed by atoms with van der Waals surface area (Å²) in [6, 6.07) is 10.9. The number of nitrogens with one attached hydrogen (secondary N) is 1. The molecule has 2 aromatic carbocycles. The van der Waals surface area contributed by atoms with Crippen molar-refractivity contribution < 1.29 is 19.1 Å². The molecular formula is C21H21N3O4. The summed E-state index contributed by atoms with van der Waals surface area (Å²) in [7, 11) is 0. The lowest BCUT2D eigenvalue weighted by atomic mass is 9.91. The van der Waals surface area contributed by atoms with Gasteiger partial charge in [0.15, 0.2) is 0 Å².